The van der Waals surface area contributed by atoms with E-state index in [4.69, 9.17) is 4.74 Å². The number of aryl methyl sites for hydroxylation is 1. The van der Waals surface area contributed by atoms with E-state index >= 15 is 0 Å². The number of hydrogen-bond donors (Lipinski definition) is 1. The normalized spacial score (nSPS) is 18.1. The van der Waals surface area contributed by atoms with Crippen LogP contribution in [0.25, 0.3) is 0 Å². The Hall–Kier alpha value is -1.86. The number of nitrogens with zero attached hydrogens (tertiary/aromatic N) is 2. The van der Waals surface area contributed by atoms with Crippen LogP contribution in [0.3, 0.4) is 0 Å². The van der Waals surface area contributed by atoms with Crippen LogP contribution in [0.4, 0.5) is 10.1 Å². The van der Waals surface area contributed by atoms with E-state index in [0.29, 0.717) is 5.69 Å². The number of carbonyl (C=O) groups is 1. The van der Waals surface area contributed by atoms with Crippen LogP contribution < -0.4 is 5.32 Å². The molecule has 1 N–H and O–H groups in total. The molecule has 26 heavy (non-hydrogen) atoms. The molecule has 3 rings (SSSR count). The number of amides is 1. The van der Waals surface area contributed by atoms with Crippen molar-refractivity contribution in [1.29, 1.82) is 0 Å². The molecule has 2 aromatic rings. The number of anilines is 1. The number of imidazole rings is 1. The molecular formula is C19H24FN3O2S. The first-order valence-electron chi connectivity index (χ1n) is 8.82. The molecule has 1 fully saturated rings. The molecule has 0 unspecified atom stereocenters. The first kappa shape index (κ1) is 18.9. The molecule has 1 aromatic carbocycles. The van der Waals surface area contributed by atoms with E-state index in [2.05, 4.69) is 14.9 Å². The molecule has 5 nitrogen and oxygen atoms in total. The second-order valence-electron chi connectivity index (χ2n) is 6.57. The molecule has 0 saturated carbocycles. The number of aromatic nitrogens is 2. The fraction of sp³-hybridized carbons (Fsp3) is 0.474. The van der Waals surface area contributed by atoms with E-state index in [1.54, 1.807) is 12.1 Å². The summed E-state index contributed by atoms with van der Waals surface area (Å²) in [5.41, 5.74) is 2.52. The summed E-state index contributed by atoms with van der Waals surface area (Å²) in [7, 11) is 0. The van der Waals surface area contributed by atoms with Crippen LogP contribution >= 0.6 is 11.8 Å². The van der Waals surface area contributed by atoms with Gasteiger partial charge >= 0.3 is 0 Å². The average Bonchev–Trinajstić information content (AvgIpc) is 3.19. The summed E-state index contributed by atoms with van der Waals surface area (Å²) in [6.07, 6.45) is 2.35. The third kappa shape index (κ3) is 4.45. The number of hydrogen-bond acceptors (Lipinski definition) is 4. The van der Waals surface area contributed by atoms with Crippen molar-refractivity contribution in [2.45, 2.75) is 56.7 Å². The first-order valence-corrected chi connectivity index (χ1v) is 9.70. The van der Waals surface area contributed by atoms with Crippen LogP contribution in [0.1, 0.15) is 31.2 Å². The number of ether oxygens (including phenoxy) is 1. The molecule has 2 heterocycles. The summed E-state index contributed by atoms with van der Waals surface area (Å²) in [6, 6.07) is 5.90. The minimum Gasteiger partial charge on any atom is -0.376 e. The smallest absolute Gasteiger partial charge is 0.237 e. The predicted molar refractivity (Wildman–Crippen MR) is 101 cm³/mol. The lowest BCUT2D eigenvalue weighted by atomic mass is 10.2. The van der Waals surface area contributed by atoms with E-state index in [1.807, 2.05) is 20.8 Å². The molecule has 1 aliphatic rings. The van der Waals surface area contributed by atoms with Crippen molar-refractivity contribution in [3.05, 3.63) is 41.5 Å². The van der Waals surface area contributed by atoms with Crippen LogP contribution in [0.15, 0.2) is 29.4 Å². The molecule has 140 valence electrons. The second kappa shape index (κ2) is 8.22. The fourth-order valence-corrected chi connectivity index (χ4v) is 3.95. The second-order valence-corrected chi connectivity index (χ2v) is 7.88. The van der Waals surface area contributed by atoms with Crippen molar-refractivity contribution >= 4 is 23.4 Å². The van der Waals surface area contributed by atoms with Gasteiger partial charge in [0.25, 0.3) is 0 Å². The van der Waals surface area contributed by atoms with E-state index in [9.17, 15) is 9.18 Å². The van der Waals surface area contributed by atoms with E-state index in [1.165, 1.54) is 23.9 Å². The maximum Gasteiger partial charge on any atom is 0.237 e. The maximum atomic E-state index is 13.3. The summed E-state index contributed by atoms with van der Waals surface area (Å²) in [6.45, 7) is 7.41. The van der Waals surface area contributed by atoms with Gasteiger partial charge in [0.1, 0.15) is 5.82 Å². The molecule has 1 aliphatic heterocycles. The summed E-state index contributed by atoms with van der Waals surface area (Å²) < 4.78 is 21.2. The SMILES string of the molecule is Cc1nc(S[C@@H](C)C(=O)Nc2cccc(F)c2)n(C[C@@H]2CCCO2)c1C. The van der Waals surface area contributed by atoms with Gasteiger partial charge in [-0.3, -0.25) is 4.79 Å². The summed E-state index contributed by atoms with van der Waals surface area (Å²) >= 11 is 1.41. The number of carbonyl (C=O) groups excluding carboxylic acids is 1. The summed E-state index contributed by atoms with van der Waals surface area (Å²) in [4.78, 5) is 17.1. The van der Waals surface area contributed by atoms with Crippen LogP contribution in [-0.4, -0.2) is 33.4 Å². The van der Waals surface area contributed by atoms with Gasteiger partial charge in [0.05, 0.1) is 23.6 Å². The minimum absolute atomic E-state index is 0.178. The molecule has 0 spiro atoms. The lowest BCUT2D eigenvalue weighted by Gasteiger charge is -2.16. The van der Waals surface area contributed by atoms with Gasteiger partial charge in [0, 0.05) is 18.0 Å². The standard InChI is InChI=1S/C19H24FN3O2S/c1-12-13(2)23(11-17-8-5-9-25-17)19(21-12)26-14(3)18(24)22-16-7-4-6-15(20)10-16/h4,6-7,10,14,17H,5,8-9,11H2,1-3H3,(H,22,24)/t14-,17-/m0/s1. The molecule has 1 aromatic heterocycles. The quantitative estimate of drug-likeness (QED) is 0.775. The topological polar surface area (TPSA) is 56.2 Å². The first-order chi connectivity index (χ1) is 12.4. The van der Waals surface area contributed by atoms with Crippen molar-refractivity contribution < 1.29 is 13.9 Å². The van der Waals surface area contributed by atoms with Crippen molar-refractivity contribution in [1.82, 2.24) is 9.55 Å². The Morgan fingerprint density at radius 3 is 3.00 bits per heavy atom. The Labute approximate surface area is 157 Å². The molecule has 0 bridgehead atoms. The van der Waals surface area contributed by atoms with E-state index < -0.39 is 0 Å². The van der Waals surface area contributed by atoms with E-state index in [0.717, 1.165) is 42.5 Å². The van der Waals surface area contributed by atoms with Crippen molar-refractivity contribution in [3.63, 3.8) is 0 Å². The Bertz CT molecular complexity index is 787. The van der Waals surface area contributed by atoms with Gasteiger partial charge in [0.2, 0.25) is 5.91 Å². The zero-order valence-corrected chi connectivity index (χ0v) is 16.1. The highest BCUT2D eigenvalue weighted by molar-refractivity contribution is 8.00. The summed E-state index contributed by atoms with van der Waals surface area (Å²) in [5.74, 6) is -0.552. The third-order valence-electron chi connectivity index (χ3n) is 4.58. The number of nitrogens with one attached hydrogen (secondary N) is 1. The Morgan fingerprint density at radius 1 is 1.50 bits per heavy atom. The molecule has 0 aliphatic carbocycles. The molecule has 2 atom stereocenters. The molecular weight excluding hydrogens is 353 g/mol. The van der Waals surface area contributed by atoms with Gasteiger partial charge in [-0.15, -0.1) is 0 Å². The number of halogens is 1. The van der Waals surface area contributed by atoms with Crippen molar-refractivity contribution in [3.8, 4) is 0 Å². The maximum absolute atomic E-state index is 13.3. The fourth-order valence-electron chi connectivity index (χ4n) is 2.94. The van der Waals surface area contributed by atoms with Gasteiger partial charge in [0.15, 0.2) is 5.16 Å². The van der Waals surface area contributed by atoms with Crippen molar-refractivity contribution in [2.24, 2.45) is 0 Å². The predicted octanol–water partition coefficient (Wildman–Crippen LogP) is 3.94. The van der Waals surface area contributed by atoms with Crippen molar-refractivity contribution in [2.75, 3.05) is 11.9 Å². The van der Waals surface area contributed by atoms with Crippen LogP contribution in [0.2, 0.25) is 0 Å². The highest BCUT2D eigenvalue weighted by Gasteiger charge is 2.23. The largest absolute Gasteiger partial charge is 0.376 e. The molecule has 0 radical (unpaired) electrons. The van der Waals surface area contributed by atoms with Crippen LogP contribution in [0.5, 0.6) is 0 Å². The van der Waals surface area contributed by atoms with Crippen LogP contribution in [-0.2, 0) is 16.1 Å². The lowest BCUT2D eigenvalue weighted by Crippen LogP contribution is -2.23. The zero-order chi connectivity index (χ0) is 18.7. The van der Waals surface area contributed by atoms with Crippen LogP contribution in [0, 0.1) is 19.7 Å². The molecule has 1 amide bonds. The lowest BCUT2D eigenvalue weighted by molar-refractivity contribution is -0.115. The van der Waals surface area contributed by atoms with E-state index in [-0.39, 0.29) is 23.1 Å². The van der Waals surface area contributed by atoms with Gasteiger partial charge in [-0.1, -0.05) is 17.8 Å². The average molecular weight is 377 g/mol. The van der Waals surface area contributed by atoms with Gasteiger partial charge in [-0.25, -0.2) is 9.37 Å². The van der Waals surface area contributed by atoms with Gasteiger partial charge < -0.3 is 14.6 Å². The van der Waals surface area contributed by atoms with Gasteiger partial charge in [-0.2, -0.15) is 0 Å². The third-order valence-corrected chi connectivity index (χ3v) is 5.67. The highest BCUT2D eigenvalue weighted by atomic mass is 32.2. The van der Waals surface area contributed by atoms with Gasteiger partial charge in [-0.05, 0) is 51.8 Å². The number of benzene rings is 1. The Balaban J connectivity index is 1.69. The summed E-state index contributed by atoms with van der Waals surface area (Å²) in [5, 5.41) is 3.21. The monoisotopic (exact) mass is 377 g/mol. The Kier molecular flexibility index (Phi) is 5.98. The molecule has 1 saturated heterocycles. The highest BCUT2D eigenvalue weighted by Crippen LogP contribution is 2.28. The number of thioether (sulfide) groups is 1. The zero-order valence-electron chi connectivity index (χ0n) is 15.3. The molecule has 7 heteroatoms. The number of rotatable bonds is 6. The minimum atomic E-state index is -0.374. The Morgan fingerprint density at radius 2 is 2.31 bits per heavy atom.